The number of rotatable bonds is 5. The molecule has 2 aliphatic rings. The molecular formula is C17H24N2O6S. The summed E-state index contributed by atoms with van der Waals surface area (Å²) in [7, 11) is -3.67. The molecule has 144 valence electrons. The summed E-state index contributed by atoms with van der Waals surface area (Å²) in [4.78, 5) is 13.4. The van der Waals surface area contributed by atoms with Gasteiger partial charge in [-0.3, -0.25) is 9.69 Å². The summed E-state index contributed by atoms with van der Waals surface area (Å²) in [5.41, 5.74) is 0. The third-order valence-electron chi connectivity index (χ3n) is 4.75. The molecule has 0 spiro atoms. The number of fused-ring (bicyclic) bond motifs is 1. The Bertz CT molecular complexity index is 767. The van der Waals surface area contributed by atoms with E-state index < -0.39 is 22.0 Å². The Kier molecular flexibility index (Phi) is 5.69. The lowest BCUT2D eigenvalue weighted by Gasteiger charge is -2.26. The Morgan fingerprint density at radius 2 is 1.88 bits per heavy atom. The van der Waals surface area contributed by atoms with Crippen molar-refractivity contribution in [3.63, 3.8) is 0 Å². The van der Waals surface area contributed by atoms with Crippen molar-refractivity contribution in [2.24, 2.45) is 0 Å². The second-order valence-corrected chi connectivity index (χ2v) is 8.30. The number of hydrogen-bond acceptors (Lipinski definition) is 6. The third-order valence-corrected chi connectivity index (χ3v) is 6.65. The summed E-state index contributed by atoms with van der Waals surface area (Å²) in [6.07, 6.45) is 1.08. The first-order valence-electron chi connectivity index (χ1n) is 8.80. The van der Waals surface area contributed by atoms with E-state index in [9.17, 15) is 18.3 Å². The molecule has 1 aromatic rings. The summed E-state index contributed by atoms with van der Waals surface area (Å²) >= 11 is 0. The fourth-order valence-corrected chi connectivity index (χ4v) is 4.87. The fraction of sp³-hybridized carbons (Fsp3) is 0.588. The van der Waals surface area contributed by atoms with Crippen LogP contribution >= 0.6 is 0 Å². The number of sulfonamides is 1. The zero-order valence-corrected chi connectivity index (χ0v) is 15.6. The summed E-state index contributed by atoms with van der Waals surface area (Å²) < 4.78 is 38.3. The van der Waals surface area contributed by atoms with Crippen LogP contribution in [0.2, 0.25) is 0 Å². The average Bonchev–Trinajstić information content (AvgIpc) is 2.88. The highest BCUT2D eigenvalue weighted by Gasteiger charge is 2.31. The fourth-order valence-electron chi connectivity index (χ4n) is 3.39. The van der Waals surface area contributed by atoms with Crippen LogP contribution in [0.25, 0.3) is 0 Å². The number of nitrogens with zero attached hydrogens (tertiary/aromatic N) is 2. The molecule has 0 amide bonds. The molecule has 0 aromatic heterocycles. The largest absolute Gasteiger partial charge is 0.486 e. The Balaban J connectivity index is 1.77. The van der Waals surface area contributed by atoms with Gasteiger partial charge in [-0.1, -0.05) is 6.92 Å². The number of aliphatic carboxylic acids is 1. The van der Waals surface area contributed by atoms with E-state index >= 15 is 0 Å². The van der Waals surface area contributed by atoms with Crippen molar-refractivity contribution in [3.05, 3.63) is 18.2 Å². The van der Waals surface area contributed by atoms with Crippen molar-refractivity contribution in [1.29, 1.82) is 0 Å². The van der Waals surface area contributed by atoms with Crippen LogP contribution in [0.5, 0.6) is 11.5 Å². The van der Waals surface area contributed by atoms with Crippen LogP contribution in [0.1, 0.15) is 19.8 Å². The van der Waals surface area contributed by atoms with Gasteiger partial charge in [-0.2, -0.15) is 4.31 Å². The Morgan fingerprint density at radius 1 is 1.15 bits per heavy atom. The topological polar surface area (TPSA) is 96.4 Å². The van der Waals surface area contributed by atoms with Crippen molar-refractivity contribution >= 4 is 16.0 Å². The van der Waals surface area contributed by atoms with Gasteiger partial charge in [0, 0.05) is 32.2 Å². The molecule has 2 aliphatic heterocycles. The number of hydrogen-bond donors (Lipinski definition) is 1. The van der Waals surface area contributed by atoms with Crippen LogP contribution in [0.15, 0.2) is 23.1 Å². The third kappa shape index (κ3) is 3.79. The van der Waals surface area contributed by atoms with Gasteiger partial charge in [0.2, 0.25) is 10.0 Å². The van der Waals surface area contributed by atoms with Crippen LogP contribution in [0.4, 0.5) is 0 Å². The lowest BCUT2D eigenvalue weighted by Crippen LogP contribution is -2.43. The van der Waals surface area contributed by atoms with Gasteiger partial charge in [-0.15, -0.1) is 0 Å². The molecule has 1 N–H and O–H groups in total. The molecule has 0 saturated carbocycles. The first-order valence-corrected chi connectivity index (χ1v) is 10.2. The molecule has 26 heavy (non-hydrogen) atoms. The number of carbonyl (C=O) groups is 1. The zero-order chi connectivity index (χ0) is 18.7. The molecule has 9 heteroatoms. The summed E-state index contributed by atoms with van der Waals surface area (Å²) in [6, 6.07) is 4.06. The highest BCUT2D eigenvalue weighted by Crippen LogP contribution is 2.33. The minimum Gasteiger partial charge on any atom is -0.486 e. The zero-order valence-electron chi connectivity index (χ0n) is 14.8. The van der Waals surface area contributed by atoms with Crippen molar-refractivity contribution in [3.8, 4) is 11.5 Å². The Hall–Kier alpha value is -1.84. The van der Waals surface area contributed by atoms with E-state index in [0.29, 0.717) is 57.2 Å². The number of carboxylic acids is 1. The van der Waals surface area contributed by atoms with E-state index in [2.05, 4.69) is 0 Å². The minimum atomic E-state index is -3.67. The smallest absolute Gasteiger partial charge is 0.320 e. The van der Waals surface area contributed by atoms with Gasteiger partial charge in [0.25, 0.3) is 0 Å². The molecule has 2 heterocycles. The van der Waals surface area contributed by atoms with E-state index in [1.807, 2.05) is 11.8 Å². The maximum atomic E-state index is 13.0. The second kappa shape index (κ2) is 7.81. The quantitative estimate of drug-likeness (QED) is 0.809. The lowest BCUT2D eigenvalue weighted by atomic mass is 10.2. The Labute approximate surface area is 153 Å². The van der Waals surface area contributed by atoms with Gasteiger partial charge in [-0.25, -0.2) is 8.42 Å². The molecule has 1 fully saturated rings. The van der Waals surface area contributed by atoms with E-state index in [0.717, 1.165) is 0 Å². The standard InChI is InChI=1S/C17H24N2O6S/c1-2-14(17(20)21)18-6-3-7-19(9-8-18)26(22,23)13-4-5-15-16(12-13)25-11-10-24-15/h4-5,12,14H,2-3,6-11H2,1H3,(H,20,21). The average molecular weight is 384 g/mol. The highest BCUT2D eigenvalue weighted by molar-refractivity contribution is 7.89. The molecule has 1 unspecified atom stereocenters. The van der Waals surface area contributed by atoms with Crippen LogP contribution in [-0.2, 0) is 14.8 Å². The molecule has 1 atom stereocenters. The maximum Gasteiger partial charge on any atom is 0.320 e. The summed E-state index contributed by atoms with van der Waals surface area (Å²) in [6.45, 7) is 4.26. The predicted octanol–water partition coefficient (Wildman–Crippen LogP) is 1.02. The van der Waals surface area contributed by atoms with Gasteiger partial charge < -0.3 is 14.6 Å². The van der Waals surface area contributed by atoms with Crippen molar-refractivity contribution in [2.75, 3.05) is 39.4 Å². The van der Waals surface area contributed by atoms with Crippen LogP contribution < -0.4 is 9.47 Å². The molecule has 8 nitrogen and oxygen atoms in total. The summed E-state index contributed by atoms with van der Waals surface area (Å²) in [5, 5.41) is 9.33. The first kappa shape index (κ1) is 18.9. The normalized spacial score (nSPS) is 20.3. The second-order valence-electron chi connectivity index (χ2n) is 6.36. The maximum absolute atomic E-state index is 13.0. The molecular weight excluding hydrogens is 360 g/mol. The number of carboxylic acid groups (broad SMARTS) is 1. The molecule has 1 saturated heterocycles. The molecule has 0 aliphatic carbocycles. The Morgan fingerprint density at radius 3 is 2.58 bits per heavy atom. The van der Waals surface area contributed by atoms with Crippen molar-refractivity contribution in [2.45, 2.75) is 30.7 Å². The van der Waals surface area contributed by atoms with Gasteiger partial charge in [0.05, 0.1) is 4.90 Å². The van der Waals surface area contributed by atoms with E-state index in [1.165, 1.54) is 16.4 Å². The van der Waals surface area contributed by atoms with Crippen LogP contribution in [0, 0.1) is 0 Å². The predicted molar refractivity (Wildman–Crippen MR) is 94.1 cm³/mol. The number of benzene rings is 1. The monoisotopic (exact) mass is 384 g/mol. The molecule has 0 bridgehead atoms. The highest BCUT2D eigenvalue weighted by atomic mass is 32.2. The van der Waals surface area contributed by atoms with Gasteiger partial charge >= 0.3 is 5.97 Å². The summed E-state index contributed by atoms with van der Waals surface area (Å²) in [5.74, 6) is 0.117. The molecule has 1 aromatic carbocycles. The van der Waals surface area contributed by atoms with Crippen LogP contribution in [-0.4, -0.2) is 74.1 Å². The molecule has 3 rings (SSSR count). The van der Waals surface area contributed by atoms with E-state index in [1.54, 1.807) is 6.07 Å². The first-order chi connectivity index (χ1) is 12.4. The number of ether oxygens (including phenoxy) is 2. The van der Waals surface area contributed by atoms with Gasteiger partial charge in [0.1, 0.15) is 19.3 Å². The van der Waals surface area contributed by atoms with E-state index in [4.69, 9.17) is 9.47 Å². The SMILES string of the molecule is CCC(C(=O)O)N1CCCN(S(=O)(=O)c2ccc3c(c2)OCCO3)CC1. The minimum absolute atomic E-state index is 0.167. The van der Waals surface area contributed by atoms with Gasteiger partial charge in [-0.05, 0) is 25.0 Å². The van der Waals surface area contributed by atoms with Crippen LogP contribution in [0.3, 0.4) is 0 Å². The lowest BCUT2D eigenvalue weighted by molar-refractivity contribution is -0.143. The molecule has 0 radical (unpaired) electrons. The van der Waals surface area contributed by atoms with Crippen molar-refractivity contribution < 1.29 is 27.8 Å². The van der Waals surface area contributed by atoms with Crippen molar-refractivity contribution in [1.82, 2.24) is 9.21 Å². The van der Waals surface area contributed by atoms with Gasteiger partial charge in [0.15, 0.2) is 11.5 Å². The van der Waals surface area contributed by atoms with E-state index in [-0.39, 0.29) is 11.4 Å².